The molecular formula is C23H18FN3O4S. The summed E-state index contributed by atoms with van der Waals surface area (Å²) in [5, 5.41) is 5.60. The van der Waals surface area contributed by atoms with Gasteiger partial charge in [0.25, 0.3) is 11.8 Å². The van der Waals surface area contributed by atoms with E-state index in [1.807, 2.05) is 12.1 Å². The van der Waals surface area contributed by atoms with Crippen LogP contribution in [0, 0.1) is 5.82 Å². The van der Waals surface area contributed by atoms with Gasteiger partial charge in [0.15, 0.2) is 11.7 Å². The molecule has 0 saturated carbocycles. The van der Waals surface area contributed by atoms with Gasteiger partial charge in [-0.3, -0.25) is 14.9 Å². The van der Waals surface area contributed by atoms with Gasteiger partial charge in [0.05, 0.1) is 23.1 Å². The van der Waals surface area contributed by atoms with Crippen molar-refractivity contribution in [3.8, 4) is 11.5 Å². The van der Waals surface area contributed by atoms with Crippen molar-refractivity contribution in [2.24, 2.45) is 0 Å². The molecule has 0 atom stereocenters. The normalized spacial score (nSPS) is 10.6. The molecule has 2 amide bonds. The van der Waals surface area contributed by atoms with Crippen LogP contribution >= 0.6 is 11.3 Å². The molecule has 0 radical (unpaired) electrons. The minimum Gasteiger partial charge on any atom is -0.494 e. The highest BCUT2D eigenvalue weighted by molar-refractivity contribution is 7.22. The van der Waals surface area contributed by atoms with Gasteiger partial charge in [-0.05, 0) is 36.4 Å². The molecular weight excluding hydrogens is 433 g/mol. The number of carbonyl (C=O) groups is 2. The number of rotatable bonds is 7. The second kappa shape index (κ2) is 9.44. The van der Waals surface area contributed by atoms with E-state index in [0.717, 1.165) is 4.70 Å². The van der Waals surface area contributed by atoms with Crippen LogP contribution in [0.2, 0.25) is 0 Å². The van der Waals surface area contributed by atoms with Crippen molar-refractivity contribution < 1.29 is 23.5 Å². The summed E-state index contributed by atoms with van der Waals surface area (Å²) in [4.78, 5) is 29.4. The van der Waals surface area contributed by atoms with Crippen LogP contribution in [-0.4, -0.2) is 30.5 Å². The number of hydrogen-bond acceptors (Lipinski definition) is 6. The fraction of sp³-hybridized carbons (Fsp3) is 0.0870. The number of nitrogens with one attached hydrogen (secondary N) is 2. The average Bonchev–Trinajstić information content (AvgIpc) is 3.22. The van der Waals surface area contributed by atoms with E-state index in [4.69, 9.17) is 9.47 Å². The van der Waals surface area contributed by atoms with E-state index in [2.05, 4.69) is 15.6 Å². The van der Waals surface area contributed by atoms with E-state index in [1.165, 1.54) is 29.5 Å². The number of carbonyl (C=O) groups excluding carboxylic acids is 2. The van der Waals surface area contributed by atoms with Crippen molar-refractivity contribution in [1.29, 1.82) is 0 Å². The Morgan fingerprint density at radius 3 is 2.53 bits per heavy atom. The maximum Gasteiger partial charge on any atom is 0.262 e. The summed E-state index contributed by atoms with van der Waals surface area (Å²) in [6, 6.07) is 17.9. The molecule has 0 aliphatic rings. The molecule has 0 bridgehead atoms. The van der Waals surface area contributed by atoms with Crippen LogP contribution in [0.25, 0.3) is 10.2 Å². The Morgan fingerprint density at radius 1 is 0.969 bits per heavy atom. The molecule has 32 heavy (non-hydrogen) atoms. The third-order valence-electron chi connectivity index (χ3n) is 4.46. The van der Waals surface area contributed by atoms with Gasteiger partial charge in [0, 0.05) is 0 Å². The fourth-order valence-electron chi connectivity index (χ4n) is 2.98. The van der Waals surface area contributed by atoms with E-state index >= 15 is 0 Å². The third kappa shape index (κ3) is 4.68. The number of nitrogens with zero attached hydrogens (tertiary/aromatic N) is 1. The van der Waals surface area contributed by atoms with Crippen LogP contribution < -0.4 is 20.1 Å². The monoisotopic (exact) mass is 451 g/mol. The molecule has 3 aromatic carbocycles. The summed E-state index contributed by atoms with van der Waals surface area (Å²) in [6.07, 6.45) is 0. The van der Waals surface area contributed by atoms with E-state index in [1.54, 1.807) is 43.5 Å². The highest BCUT2D eigenvalue weighted by atomic mass is 32.1. The lowest BCUT2D eigenvalue weighted by atomic mass is 10.2. The molecule has 0 saturated heterocycles. The standard InChI is InChI=1S/C23H18FN3O4S/c1-30-18-11-6-12-19-21(18)26-23(32-19)27-22(29)14-7-2-5-10-17(14)31-13-20(28)25-16-9-4-3-8-15(16)24/h2-12H,13H2,1H3,(H,25,28)(H,26,27,29). The molecule has 9 heteroatoms. The zero-order valence-corrected chi connectivity index (χ0v) is 17.7. The first kappa shape index (κ1) is 21.3. The van der Waals surface area contributed by atoms with Gasteiger partial charge in [-0.1, -0.05) is 41.7 Å². The first-order valence-corrected chi connectivity index (χ1v) is 10.4. The molecule has 1 heterocycles. The molecule has 0 aliphatic heterocycles. The van der Waals surface area contributed by atoms with Crippen LogP contribution in [0.3, 0.4) is 0 Å². The van der Waals surface area contributed by atoms with Crippen molar-refractivity contribution >= 4 is 44.2 Å². The van der Waals surface area contributed by atoms with Crippen LogP contribution in [0.1, 0.15) is 10.4 Å². The molecule has 4 rings (SSSR count). The molecule has 0 unspecified atom stereocenters. The van der Waals surface area contributed by atoms with Gasteiger partial charge < -0.3 is 14.8 Å². The number of fused-ring (bicyclic) bond motifs is 1. The maximum atomic E-state index is 13.7. The lowest BCUT2D eigenvalue weighted by molar-refractivity contribution is -0.118. The third-order valence-corrected chi connectivity index (χ3v) is 5.40. The molecule has 4 aromatic rings. The first-order valence-electron chi connectivity index (χ1n) is 9.56. The smallest absolute Gasteiger partial charge is 0.262 e. The number of methoxy groups -OCH3 is 1. The van der Waals surface area contributed by atoms with Crippen molar-refractivity contribution in [3.63, 3.8) is 0 Å². The summed E-state index contributed by atoms with van der Waals surface area (Å²) in [5.41, 5.74) is 0.945. The number of ether oxygens (including phenoxy) is 2. The van der Waals surface area contributed by atoms with Crippen LogP contribution in [0.5, 0.6) is 11.5 Å². The Hall–Kier alpha value is -3.98. The quantitative estimate of drug-likeness (QED) is 0.425. The topological polar surface area (TPSA) is 89.5 Å². The lowest BCUT2D eigenvalue weighted by Crippen LogP contribution is -2.22. The number of thiazole rings is 1. The first-order chi connectivity index (χ1) is 15.5. The van der Waals surface area contributed by atoms with Crippen LogP contribution in [0.4, 0.5) is 15.2 Å². The largest absolute Gasteiger partial charge is 0.494 e. The summed E-state index contributed by atoms with van der Waals surface area (Å²) < 4.78 is 25.4. The molecule has 0 fully saturated rings. The van der Waals surface area contributed by atoms with E-state index in [-0.39, 0.29) is 17.0 Å². The summed E-state index contributed by atoms with van der Waals surface area (Å²) in [6.45, 7) is -0.392. The summed E-state index contributed by atoms with van der Waals surface area (Å²) in [5.74, 6) is -0.707. The van der Waals surface area contributed by atoms with Gasteiger partial charge in [0.1, 0.15) is 22.8 Å². The van der Waals surface area contributed by atoms with Crippen molar-refractivity contribution in [2.45, 2.75) is 0 Å². The van der Waals surface area contributed by atoms with Gasteiger partial charge in [-0.2, -0.15) is 0 Å². The van der Waals surface area contributed by atoms with Crippen molar-refractivity contribution in [1.82, 2.24) is 4.98 Å². The maximum absolute atomic E-state index is 13.7. The Bertz CT molecular complexity index is 1290. The Balaban J connectivity index is 1.45. The summed E-state index contributed by atoms with van der Waals surface area (Å²) >= 11 is 1.31. The number of aromatic nitrogens is 1. The predicted molar refractivity (Wildman–Crippen MR) is 121 cm³/mol. The number of amides is 2. The Morgan fingerprint density at radius 2 is 1.72 bits per heavy atom. The van der Waals surface area contributed by atoms with Crippen LogP contribution in [-0.2, 0) is 4.79 Å². The van der Waals surface area contributed by atoms with Crippen LogP contribution in [0.15, 0.2) is 66.7 Å². The van der Waals surface area contributed by atoms with Crippen molar-refractivity contribution in [3.05, 3.63) is 78.1 Å². The minimum atomic E-state index is -0.552. The zero-order chi connectivity index (χ0) is 22.5. The molecule has 7 nitrogen and oxygen atoms in total. The number of para-hydroxylation sites is 3. The average molecular weight is 451 g/mol. The van der Waals surface area contributed by atoms with Crippen molar-refractivity contribution in [2.75, 3.05) is 24.4 Å². The molecule has 1 aromatic heterocycles. The Kier molecular flexibility index (Phi) is 6.27. The van der Waals surface area contributed by atoms with Gasteiger partial charge in [-0.15, -0.1) is 0 Å². The molecule has 0 spiro atoms. The van der Waals surface area contributed by atoms with E-state index in [9.17, 15) is 14.0 Å². The lowest BCUT2D eigenvalue weighted by Gasteiger charge is -2.11. The van der Waals surface area contributed by atoms with E-state index in [0.29, 0.717) is 16.4 Å². The number of anilines is 2. The molecule has 0 aliphatic carbocycles. The number of hydrogen-bond donors (Lipinski definition) is 2. The second-order valence-corrected chi connectivity index (χ2v) is 7.62. The fourth-order valence-corrected chi connectivity index (χ4v) is 3.86. The number of halogens is 1. The van der Waals surface area contributed by atoms with E-state index < -0.39 is 24.2 Å². The van der Waals surface area contributed by atoms with Gasteiger partial charge >= 0.3 is 0 Å². The summed E-state index contributed by atoms with van der Waals surface area (Å²) in [7, 11) is 1.56. The minimum absolute atomic E-state index is 0.0541. The SMILES string of the molecule is COc1cccc2sc(NC(=O)c3ccccc3OCC(=O)Nc3ccccc3F)nc12. The predicted octanol–water partition coefficient (Wildman–Crippen LogP) is 4.71. The Labute approximate surface area is 186 Å². The number of benzene rings is 3. The molecule has 2 N–H and O–H groups in total. The highest BCUT2D eigenvalue weighted by Gasteiger charge is 2.17. The van der Waals surface area contributed by atoms with Gasteiger partial charge in [-0.25, -0.2) is 9.37 Å². The van der Waals surface area contributed by atoms with Gasteiger partial charge in [0.2, 0.25) is 0 Å². The molecule has 162 valence electrons. The zero-order valence-electron chi connectivity index (χ0n) is 16.9. The highest BCUT2D eigenvalue weighted by Crippen LogP contribution is 2.32. The second-order valence-electron chi connectivity index (χ2n) is 6.59.